The number of benzene rings is 1. The molecular weight excluding hydrogens is 326 g/mol. The molecule has 2 aliphatic rings. The predicted molar refractivity (Wildman–Crippen MR) is 93.4 cm³/mol. The van der Waals surface area contributed by atoms with Crippen molar-refractivity contribution < 1.29 is 13.2 Å². The molecule has 1 aromatic rings. The van der Waals surface area contributed by atoms with E-state index in [0.717, 1.165) is 43.6 Å². The fraction of sp³-hybridized carbons (Fsp3) is 0.588. The van der Waals surface area contributed by atoms with E-state index in [2.05, 4.69) is 11.8 Å². The second-order valence-electron chi connectivity index (χ2n) is 6.81. The van der Waals surface area contributed by atoms with Crippen LogP contribution in [0.5, 0.6) is 0 Å². The number of hydrogen-bond acceptors (Lipinski definition) is 4. The van der Waals surface area contributed by atoms with Crippen molar-refractivity contribution in [2.75, 3.05) is 24.5 Å². The van der Waals surface area contributed by atoms with Crippen LogP contribution in [0.2, 0.25) is 0 Å². The minimum absolute atomic E-state index is 0.133. The predicted octanol–water partition coefficient (Wildman–Crippen LogP) is 1.49. The molecule has 0 aromatic heterocycles. The summed E-state index contributed by atoms with van der Waals surface area (Å²) in [5, 5.41) is 5.21. The molecule has 3 rings (SSSR count). The van der Waals surface area contributed by atoms with Crippen LogP contribution in [0.4, 0.5) is 5.69 Å². The van der Waals surface area contributed by atoms with E-state index in [-0.39, 0.29) is 16.8 Å². The van der Waals surface area contributed by atoms with Gasteiger partial charge in [0.2, 0.25) is 15.9 Å². The Morgan fingerprint density at radius 1 is 1.21 bits per heavy atom. The first-order chi connectivity index (χ1) is 11.4. The van der Waals surface area contributed by atoms with E-state index in [0.29, 0.717) is 6.54 Å². The monoisotopic (exact) mass is 351 g/mol. The molecular formula is C17H25N3O3S. The highest BCUT2D eigenvalue weighted by molar-refractivity contribution is 7.89. The Hall–Kier alpha value is -1.60. The molecule has 1 unspecified atom stereocenters. The molecule has 1 saturated heterocycles. The summed E-state index contributed by atoms with van der Waals surface area (Å²) >= 11 is 0. The molecule has 24 heavy (non-hydrogen) atoms. The average Bonchev–Trinajstić information content (AvgIpc) is 2.70. The Morgan fingerprint density at radius 3 is 2.50 bits per heavy atom. The number of likely N-dealkylation sites (tertiary alicyclic amines) is 1. The van der Waals surface area contributed by atoms with Crippen LogP contribution in [0.1, 0.15) is 38.2 Å². The molecule has 0 spiro atoms. The smallest absolute Gasteiger partial charge is 0.242 e. The maximum absolute atomic E-state index is 12.7. The van der Waals surface area contributed by atoms with Crippen LogP contribution < -0.4 is 10.0 Å². The number of anilines is 1. The van der Waals surface area contributed by atoms with E-state index < -0.39 is 10.0 Å². The number of sulfonamides is 1. The van der Waals surface area contributed by atoms with Gasteiger partial charge in [-0.05, 0) is 49.9 Å². The van der Waals surface area contributed by atoms with E-state index >= 15 is 0 Å². The second kappa shape index (κ2) is 6.72. The summed E-state index contributed by atoms with van der Waals surface area (Å²) in [6.07, 6.45) is 5.28. The van der Waals surface area contributed by atoms with Crippen molar-refractivity contribution in [2.24, 2.45) is 5.14 Å². The van der Waals surface area contributed by atoms with Crippen molar-refractivity contribution in [1.29, 1.82) is 0 Å². The van der Waals surface area contributed by atoms with Crippen molar-refractivity contribution in [3.05, 3.63) is 23.8 Å². The lowest BCUT2D eigenvalue weighted by molar-refractivity contribution is -0.129. The lowest BCUT2D eigenvalue weighted by Gasteiger charge is -2.28. The highest BCUT2D eigenvalue weighted by Gasteiger charge is 2.30. The Kier molecular flexibility index (Phi) is 4.83. The molecule has 0 bridgehead atoms. The lowest BCUT2D eigenvalue weighted by Crippen LogP contribution is -2.42. The van der Waals surface area contributed by atoms with Crippen LogP contribution >= 0.6 is 0 Å². The van der Waals surface area contributed by atoms with Crippen LogP contribution in [0.25, 0.3) is 0 Å². The first kappa shape index (κ1) is 17.2. The van der Waals surface area contributed by atoms with Crippen LogP contribution in [0, 0.1) is 0 Å². The number of amides is 1. The van der Waals surface area contributed by atoms with Crippen molar-refractivity contribution in [2.45, 2.75) is 50.0 Å². The van der Waals surface area contributed by atoms with Gasteiger partial charge in [-0.3, -0.25) is 4.79 Å². The highest BCUT2D eigenvalue weighted by Crippen LogP contribution is 2.33. The lowest BCUT2D eigenvalue weighted by atomic mass is 10.1. The molecule has 1 atom stereocenters. The fourth-order valence-electron chi connectivity index (χ4n) is 3.66. The minimum atomic E-state index is -3.70. The molecule has 2 N–H and O–H groups in total. The first-order valence-corrected chi connectivity index (χ1v) is 10.1. The summed E-state index contributed by atoms with van der Waals surface area (Å²) in [4.78, 5) is 16.8. The van der Waals surface area contributed by atoms with Gasteiger partial charge < -0.3 is 9.80 Å². The number of carbonyl (C=O) groups is 1. The summed E-state index contributed by atoms with van der Waals surface area (Å²) in [5.41, 5.74) is 1.88. The Bertz CT molecular complexity index is 725. The number of nitrogens with zero attached hydrogens (tertiary/aromatic N) is 2. The number of hydrogen-bond donors (Lipinski definition) is 1. The SMILES string of the molecule is CC1Cc2cc(S(N)(=O)=O)ccc2N1CC(=O)N1CCCCCC1. The molecule has 1 amide bonds. The van der Waals surface area contributed by atoms with Gasteiger partial charge in [0.1, 0.15) is 0 Å². The van der Waals surface area contributed by atoms with Crippen LogP contribution in [0.3, 0.4) is 0 Å². The number of carbonyl (C=O) groups excluding carboxylic acids is 1. The summed E-state index contributed by atoms with van der Waals surface area (Å²) in [6.45, 7) is 4.10. The second-order valence-corrected chi connectivity index (χ2v) is 8.37. The van der Waals surface area contributed by atoms with E-state index in [1.54, 1.807) is 12.1 Å². The number of nitrogens with two attached hydrogens (primary N) is 1. The summed E-state index contributed by atoms with van der Waals surface area (Å²) in [6, 6.07) is 5.10. The quantitative estimate of drug-likeness (QED) is 0.894. The summed E-state index contributed by atoms with van der Waals surface area (Å²) < 4.78 is 23.0. The molecule has 0 saturated carbocycles. The van der Waals surface area contributed by atoms with Crippen LogP contribution in [0.15, 0.2) is 23.1 Å². The number of fused-ring (bicyclic) bond motifs is 1. The molecule has 1 aromatic carbocycles. The minimum Gasteiger partial charge on any atom is -0.359 e. The normalized spacial score (nSPS) is 21.5. The number of rotatable bonds is 3. The molecule has 1 fully saturated rings. The van der Waals surface area contributed by atoms with E-state index in [9.17, 15) is 13.2 Å². The van der Waals surface area contributed by atoms with E-state index in [1.807, 2.05) is 4.90 Å². The molecule has 132 valence electrons. The topological polar surface area (TPSA) is 83.7 Å². The van der Waals surface area contributed by atoms with Crippen LogP contribution in [-0.2, 0) is 21.2 Å². The van der Waals surface area contributed by atoms with Gasteiger partial charge >= 0.3 is 0 Å². The maximum Gasteiger partial charge on any atom is 0.242 e. The van der Waals surface area contributed by atoms with Gasteiger partial charge in [-0.25, -0.2) is 13.6 Å². The zero-order valence-corrected chi connectivity index (χ0v) is 14.9. The van der Waals surface area contributed by atoms with Gasteiger partial charge in [0, 0.05) is 24.8 Å². The van der Waals surface area contributed by atoms with Crippen LogP contribution in [-0.4, -0.2) is 44.9 Å². The zero-order valence-electron chi connectivity index (χ0n) is 14.1. The van der Waals surface area contributed by atoms with Gasteiger partial charge in [0.15, 0.2) is 0 Å². The largest absolute Gasteiger partial charge is 0.359 e. The molecule has 2 aliphatic heterocycles. The van der Waals surface area contributed by atoms with Gasteiger partial charge in [0.05, 0.1) is 11.4 Å². The number of primary sulfonamides is 1. The fourth-order valence-corrected chi connectivity index (χ4v) is 4.22. The van der Waals surface area contributed by atoms with Gasteiger partial charge in [-0.1, -0.05) is 12.8 Å². The maximum atomic E-state index is 12.7. The zero-order chi connectivity index (χ0) is 17.3. The van der Waals surface area contributed by atoms with Gasteiger partial charge in [0.25, 0.3) is 0 Å². The Labute approximate surface area is 143 Å². The third kappa shape index (κ3) is 3.57. The summed E-state index contributed by atoms with van der Waals surface area (Å²) in [7, 11) is -3.70. The van der Waals surface area contributed by atoms with E-state index in [4.69, 9.17) is 5.14 Å². The molecule has 2 heterocycles. The van der Waals surface area contributed by atoms with Gasteiger partial charge in [-0.2, -0.15) is 0 Å². The molecule has 0 aliphatic carbocycles. The van der Waals surface area contributed by atoms with Gasteiger partial charge in [-0.15, -0.1) is 0 Å². The van der Waals surface area contributed by atoms with Crippen molar-refractivity contribution in [1.82, 2.24) is 4.90 Å². The molecule has 0 radical (unpaired) electrons. The Morgan fingerprint density at radius 2 is 1.88 bits per heavy atom. The third-order valence-corrected chi connectivity index (χ3v) is 5.91. The Balaban J connectivity index is 1.77. The highest BCUT2D eigenvalue weighted by atomic mass is 32.2. The summed E-state index contributed by atoms with van der Waals surface area (Å²) in [5.74, 6) is 0.159. The molecule has 6 nitrogen and oxygen atoms in total. The average molecular weight is 351 g/mol. The van der Waals surface area contributed by atoms with Crippen molar-refractivity contribution in [3.63, 3.8) is 0 Å². The first-order valence-electron chi connectivity index (χ1n) is 8.56. The van der Waals surface area contributed by atoms with Crippen molar-refractivity contribution >= 4 is 21.6 Å². The third-order valence-electron chi connectivity index (χ3n) is 5.00. The van der Waals surface area contributed by atoms with Crippen molar-refractivity contribution in [3.8, 4) is 0 Å². The molecule has 7 heteroatoms. The van der Waals surface area contributed by atoms with E-state index in [1.165, 1.54) is 18.9 Å². The standard InChI is InChI=1S/C17H25N3O3S/c1-13-10-14-11-15(24(18,22)23)6-7-16(14)20(13)12-17(21)19-8-4-2-3-5-9-19/h6-7,11,13H,2-5,8-10,12H2,1H3,(H2,18,22,23).